The number of hydrogen-bond donors (Lipinski definition) is 3. The minimum absolute atomic E-state index is 0.0238. The number of rotatable bonds is 10. The Morgan fingerprint density at radius 1 is 1.39 bits per heavy atom. The molecule has 1 heterocycles. The molecule has 2 atom stereocenters. The molecule has 0 radical (unpaired) electrons. The summed E-state index contributed by atoms with van der Waals surface area (Å²) in [6.07, 6.45) is -2.68. The molecular formula is C19H23Cl2N3O4. The van der Waals surface area contributed by atoms with E-state index in [0.29, 0.717) is 15.6 Å². The van der Waals surface area contributed by atoms with E-state index in [1.807, 2.05) is 0 Å². The van der Waals surface area contributed by atoms with Crippen molar-refractivity contribution < 1.29 is 34.9 Å². The van der Waals surface area contributed by atoms with E-state index in [1.54, 1.807) is 12.1 Å². The highest BCUT2D eigenvalue weighted by molar-refractivity contribution is 6.34. The number of halogens is 2. The van der Waals surface area contributed by atoms with E-state index < -0.39 is 61.7 Å². The Balaban J connectivity index is 2.64. The number of aliphatic carboxylic acids is 2. The SMILES string of the molecule is [2H]OC(=O)[C@H](Cc1cncn1Cc1cc(Cl)cc(Cl)c1)N([2H])[C@]([2H])(C(=O)O)C([2H])([2H])C([2H])(C([2H])([2H])[2H])C([2H])([2H])[2H]. The van der Waals surface area contributed by atoms with Crippen LogP contribution in [-0.4, -0.2) is 43.8 Å². The zero-order valence-electron chi connectivity index (χ0n) is 26.1. The van der Waals surface area contributed by atoms with Crippen LogP contribution in [0.15, 0.2) is 30.7 Å². The van der Waals surface area contributed by atoms with Crippen molar-refractivity contribution in [3.05, 3.63) is 52.0 Å². The third kappa shape index (κ3) is 6.51. The maximum atomic E-state index is 12.6. The number of benzene rings is 1. The molecule has 0 unspecified atom stereocenters. The zero-order valence-corrected chi connectivity index (χ0v) is 15.7. The molecule has 3 N–H and O–H groups in total. The summed E-state index contributed by atoms with van der Waals surface area (Å²) in [7, 11) is 0. The molecule has 0 aliphatic rings. The molecule has 28 heavy (non-hydrogen) atoms. The first-order chi connectivity index (χ1) is 18.1. The van der Waals surface area contributed by atoms with Gasteiger partial charge in [-0.25, -0.2) is 4.98 Å². The van der Waals surface area contributed by atoms with Crippen LogP contribution in [0.25, 0.3) is 1.43 Å². The molecular weight excluding hydrogens is 405 g/mol. The summed E-state index contributed by atoms with van der Waals surface area (Å²) in [4.78, 5) is 28.8. The van der Waals surface area contributed by atoms with Gasteiger partial charge in [0.15, 0.2) is 0 Å². The Kier molecular flexibility index (Phi) is 3.76. The second-order valence-electron chi connectivity index (χ2n) is 5.61. The molecule has 7 nitrogen and oxygen atoms in total. The zero-order chi connectivity index (χ0) is 31.1. The van der Waals surface area contributed by atoms with Gasteiger partial charge in [0, 0.05) is 47.2 Å². The maximum Gasteiger partial charge on any atom is 0.321 e. The van der Waals surface area contributed by atoms with Crippen LogP contribution in [0.2, 0.25) is 11.5 Å². The lowest BCUT2D eigenvalue weighted by Crippen LogP contribution is -2.49. The van der Waals surface area contributed by atoms with Gasteiger partial charge in [-0.2, -0.15) is 0 Å². The van der Waals surface area contributed by atoms with Crippen LogP contribution in [0.1, 0.15) is 45.0 Å². The predicted molar refractivity (Wildman–Crippen MR) is 107 cm³/mol. The van der Waals surface area contributed by atoms with Crippen LogP contribution in [0.3, 0.4) is 0 Å². The Labute approximate surface area is 190 Å². The Morgan fingerprint density at radius 3 is 2.71 bits per heavy atom. The first-order valence-electron chi connectivity index (χ1n) is 13.5. The normalized spacial score (nSPS) is 22.7. The molecule has 0 aliphatic carbocycles. The number of nitrogens with one attached hydrogen (secondary N) is 1. The van der Waals surface area contributed by atoms with E-state index in [9.17, 15) is 14.7 Å². The molecule has 2 rings (SSSR count). The molecule has 0 spiro atoms. The summed E-state index contributed by atoms with van der Waals surface area (Å²) >= 11 is 12.0. The van der Waals surface area contributed by atoms with Crippen molar-refractivity contribution >= 4 is 35.1 Å². The highest BCUT2D eigenvalue weighted by atomic mass is 35.5. The van der Waals surface area contributed by atoms with Gasteiger partial charge in [0.1, 0.15) is 13.5 Å². The molecule has 0 amide bonds. The molecule has 0 fully saturated rings. The first-order valence-corrected chi connectivity index (χ1v) is 8.44. The number of carboxylic acid groups (broad SMARTS) is 2. The van der Waals surface area contributed by atoms with E-state index in [0.717, 1.165) is 0 Å². The number of hydrogen-bond acceptors (Lipinski definition) is 5. The maximum absolute atomic E-state index is 12.6. The fraction of sp³-hybridized carbons (Fsp3) is 0.421. The van der Waals surface area contributed by atoms with E-state index in [-0.39, 0.29) is 12.2 Å². The monoisotopic (exact) mass is 439 g/mol. The lowest BCUT2D eigenvalue weighted by molar-refractivity contribution is -0.142. The minimum atomic E-state index is -4.37. The molecule has 2 aromatic rings. The van der Waals surface area contributed by atoms with Crippen molar-refractivity contribution in [2.24, 2.45) is 5.89 Å². The van der Waals surface area contributed by atoms with Crippen LogP contribution < -0.4 is 5.31 Å². The summed E-state index contributed by atoms with van der Waals surface area (Å²) in [5.41, 5.74) is 0.617. The van der Waals surface area contributed by atoms with Gasteiger partial charge >= 0.3 is 11.9 Å². The van der Waals surface area contributed by atoms with Gasteiger partial charge in [-0.1, -0.05) is 36.9 Å². The predicted octanol–water partition coefficient (Wildman–Crippen LogP) is 3.32. The van der Waals surface area contributed by atoms with Crippen LogP contribution >= 0.6 is 23.2 Å². The van der Waals surface area contributed by atoms with Crippen molar-refractivity contribution in [2.45, 2.75) is 45.1 Å². The van der Waals surface area contributed by atoms with Gasteiger partial charge in [-0.15, -0.1) is 0 Å². The van der Waals surface area contributed by atoms with E-state index in [1.165, 1.54) is 23.2 Å². The van der Waals surface area contributed by atoms with Gasteiger partial charge < -0.3 is 14.8 Å². The average molecular weight is 440 g/mol. The molecule has 0 aliphatic heterocycles. The average Bonchev–Trinajstić information content (AvgIpc) is 3.24. The molecule has 1 aromatic carbocycles. The Morgan fingerprint density at radius 2 is 2.11 bits per heavy atom. The van der Waals surface area contributed by atoms with Crippen LogP contribution in [0, 0.1) is 5.89 Å². The summed E-state index contributed by atoms with van der Waals surface area (Å²) < 4.78 is 95.2. The van der Waals surface area contributed by atoms with E-state index >= 15 is 0 Å². The van der Waals surface area contributed by atoms with Crippen LogP contribution in [0.5, 0.6) is 0 Å². The van der Waals surface area contributed by atoms with Crippen LogP contribution in [-0.2, 0) is 22.6 Å². The van der Waals surface area contributed by atoms with E-state index in [2.05, 4.69) is 10.1 Å². The minimum Gasteiger partial charge on any atom is -0.480 e. The fourth-order valence-corrected chi connectivity index (χ4v) is 2.93. The molecule has 152 valence electrons. The molecule has 0 saturated carbocycles. The highest BCUT2D eigenvalue weighted by Gasteiger charge is 2.27. The number of nitrogens with zero attached hydrogens (tertiary/aromatic N) is 2. The number of aromatic nitrogens is 2. The highest BCUT2D eigenvalue weighted by Crippen LogP contribution is 2.20. The molecule has 0 saturated heterocycles. The number of carbonyl (C=O) groups is 2. The van der Waals surface area contributed by atoms with Crippen molar-refractivity contribution in [3.63, 3.8) is 0 Å². The Hall–Kier alpha value is -2.09. The van der Waals surface area contributed by atoms with E-state index in [4.69, 9.17) is 39.8 Å². The summed E-state index contributed by atoms with van der Waals surface area (Å²) in [5.74, 6) is -8.52. The van der Waals surface area contributed by atoms with Gasteiger partial charge in [0.25, 0.3) is 1.43 Å². The lowest BCUT2D eigenvalue weighted by Gasteiger charge is -2.22. The van der Waals surface area contributed by atoms with Crippen molar-refractivity contribution in [2.75, 3.05) is 0 Å². The molecule has 0 bridgehead atoms. The molecule has 1 aromatic heterocycles. The van der Waals surface area contributed by atoms with Crippen molar-refractivity contribution in [1.29, 1.82) is 1.43 Å². The molecule has 9 heteroatoms. The van der Waals surface area contributed by atoms with Gasteiger partial charge in [-0.3, -0.25) is 14.9 Å². The van der Waals surface area contributed by atoms with Gasteiger partial charge in [0.2, 0.25) is 0 Å². The summed E-state index contributed by atoms with van der Waals surface area (Å²) in [5, 5.41) is 13.9. The summed E-state index contributed by atoms with van der Waals surface area (Å²) in [6.45, 7) is -8.05. The standard InChI is InChI=1S/C19H23Cl2N3O4/c1-11(2)3-16(18(25)26)23-17(19(27)28)7-15-8-22-10-24(15)9-12-4-13(20)6-14(21)5-12/h4-6,8,10-11,16-17,23H,3,7,9H2,1-2H3,(H,25,26)(H,27,28)/t16-,17-/m0/s1/i1D3,2D3,3D2,11D,16D/hD2. The number of imidazole rings is 1. The topological polar surface area (TPSA) is 104 Å². The third-order valence-electron chi connectivity index (χ3n) is 3.48. The lowest BCUT2D eigenvalue weighted by atomic mass is 10.0. The quantitative estimate of drug-likeness (QED) is 0.524. The second-order valence-corrected chi connectivity index (χ2v) is 6.49. The fourth-order valence-electron chi connectivity index (χ4n) is 2.35. The van der Waals surface area contributed by atoms with Crippen molar-refractivity contribution in [1.82, 2.24) is 14.9 Å². The van der Waals surface area contributed by atoms with Gasteiger partial charge in [-0.05, 0) is 36.0 Å². The largest absolute Gasteiger partial charge is 0.480 e. The Bertz CT molecular complexity index is 1220. The first kappa shape index (κ1) is 10.6. The van der Waals surface area contributed by atoms with Crippen LogP contribution in [0.4, 0.5) is 0 Å². The van der Waals surface area contributed by atoms with Crippen molar-refractivity contribution in [3.8, 4) is 0 Å². The smallest absolute Gasteiger partial charge is 0.321 e. The second kappa shape index (κ2) is 9.91. The third-order valence-corrected chi connectivity index (χ3v) is 3.92. The van der Waals surface area contributed by atoms with Gasteiger partial charge in [0.05, 0.1) is 7.70 Å². The summed E-state index contributed by atoms with van der Waals surface area (Å²) in [6, 6.07) is -1.93. The number of carboxylic acids is 2.